The highest BCUT2D eigenvalue weighted by molar-refractivity contribution is 5.69. The lowest BCUT2D eigenvalue weighted by Crippen LogP contribution is -2.55. The average Bonchev–Trinajstić information content (AvgIpc) is 2.44. The molecular formula is C13H26N2O3. The van der Waals surface area contributed by atoms with Gasteiger partial charge < -0.3 is 20.5 Å². The number of nitrogens with two attached hydrogens (primary N) is 1. The van der Waals surface area contributed by atoms with Gasteiger partial charge in [-0.15, -0.1) is 0 Å². The first-order valence-electron chi connectivity index (χ1n) is 6.39. The van der Waals surface area contributed by atoms with E-state index in [4.69, 9.17) is 15.2 Å². The molecule has 0 aromatic carbocycles. The molecule has 1 heterocycles. The molecule has 1 aliphatic heterocycles. The van der Waals surface area contributed by atoms with Crippen LogP contribution in [-0.2, 0) is 9.47 Å². The maximum atomic E-state index is 11.9. The zero-order valence-corrected chi connectivity index (χ0v) is 12.1. The molecule has 0 aromatic rings. The predicted molar refractivity (Wildman–Crippen MR) is 70.4 cm³/mol. The van der Waals surface area contributed by atoms with Crippen LogP contribution in [0.4, 0.5) is 4.79 Å². The first kappa shape index (κ1) is 15.2. The topological polar surface area (TPSA) is 73.6 Å². The van der Waals surface area contributed by atoms with E-state index in [-0.39, 0.29) is 5.54 Å². The van der Waals surface area contributed by atoms with E-state index in [1.807, 2.05) is 34.6 Å². The van der Waals surface area contributed by atoms with Gasteiger partial charge in [-0.05, 0) is 47.5 Å². The Morgan fingerprint density at radius 3 is 2.39 bits per heavy atom. The Bertz CT molecular complexity index is 296. The van der Waals surface area contributed by atoms with Crippen molar-refractivity contribution in [2.75, 3.05) is 13.2 Å². The summed E-state index contributed by atoms with van der Waals surface area (Å²) in [5.74, 6) is 0. The van der Waals surface area contributed by atoms with Gasteiger partial charge in [-0.2, -0.15) is 0 Å². The van der Waals surface area contributed by atoms with Crippen molar-refractivity contribution in [2.45, 2.75) is 64.1 Å². The zero-order valence-electron chi connectivity index (χ0n) is 12.1. The monoisotopic (exact) mass is 258 g/mol. The molecule has 1 saturated heterocycles. The molecule has 0 spiro atoms. The summed E-state index contributed by atoms with van der Waals surface area (Å²) in [7, 11) is 0. The van der Waals surface area contributed by atoms with Crippen LogP contribution in [0.3, 0.4) is 0 Å². The van der Waals surface area contributed by atoms with E-state index in [1.54, 1.807) is 0 Å². The Labute approximate surface area is 109 Å². The van der Waals surface area contributed by atoms with E-state index in [2.05, 4.69) is 5.32 Å². The normalized spacial score (nSPS) is 25.0. The van der Waals surface area contributed by atoms with Crippen molar-refractivity contribution >= 4 is 6.09 Å². The van der Waals surface area contributed by atoms with Gasteiger partial charge in [0.15, 0.2) is 0 Å². The Hall–Kier alpha value is -0.810. The summed E-state index contributed by atoms with van der Waals surface area (Å²) >= 11 is 0. The number of amides is 1. The Morgan fingerprint density at radius 2 is 2.00 bits per heavy atom. The van der Waals surface area contributed by atoms with Gasteiger partial charge in [-0.3, -0.25) is 0 Å². The third-order valence-corrected chi connectivity index (χ3v) is 2.66. The molecule has 1 aliphatic rings. The van der Waals surface area contributed by atoms with Gasteiger partial charge in [-0.1, -0.05) is 0 Å². The minimum absolute atomic E-state index is 0.358. The largest absolute Gasteiger partial charge is 0.444 e. The molecule has 0 radical (unpaired) electrons. The third-order valence-electron chi connectivity index (χ3n) is 2.66. The molecule has 1 unspecified atom stereocenters. The predicted octanol–water partition coefficient (Wildman–Crippen LogP) is 1.80. The van der Waals surface area contributed by atoms with Crippen LogP contribution in [0.5, 0.6) is 0 Å². The molecule has 0 saturated carbocycles. The average molecular weight is 258 g/mol. The van der Waals surface area contributed by atoms with Crippen LogP contribution < -0.4 is 11.1 Å². The van der Waals surface area contributed by atoms with Gasteiger partial charge in [0.25, 0.3) is 0 Å². The van der Waals surface area contributed by atoms with E-state index in [0.29, 0.717) is 19.6 Å². The molecule has 5 heteroatoms. The Kier molecular flexibility index (Phi) is 4.28. The third kappa shape index (κ3) is 5.23. The van der Waals surface area contributed by atoms with Crippen LogP contribution in [0, 0.1) is 0 Å². The maximum absolute atomic E-state index is 11.9. The molecule has 18 heavy (non-hydrogen) atoms. The molecule has 0 aromatic heterocycles. The van der Waals surface area contributed by atoms with Crippen LogP contribution in [0.1, 0.15) is 47.5 Å². The summed E-state index contributed by atoms with van der Waals surface area (Å²) in [6.45, 7) is 10.6. The number of carbonyl (C=O) groups excluding carboxylic acids is 1. The smallest absolute Gasteiger partial charge is 0.408 e. The van der Waals surface area contributed by atoms with Gasteiger partial charge in [0.1, 0.15) is 5.60 Å². The fourth-order valence-electron chi connectivity index (χ4n) is 2.28. The van der Waals surface area contributed by atoms with E-state index in [9.17, 15) is 4.79 Å². The van der Waals surface area contributed by atoms with Crippen LogP contribution in [-0.4, -0.2) is 36.0 Å². The summed E-state index contributed by atoms with van der Waals surface area (Å²) < 4.78 is 10.7. The van der Waals surface area contributed by atoms with Crippen molar-refractivity contribution in [3.8, 4) is 0 Å². The highest BCUT2D eigenvalue weighted by atomic mass is 16.6. The molecule has 1 amide bonds. The molecule has 106 valence electrons. The number of hydrogen-bond acceptors (Lipinski definition) is 4. The van der Waals surface area contributed by atoms with Gasteiger partial charge in [0.05, 0.1) is 12.1 Å². The molecule has 3 N–H and O–H groups in total. The number of carbonyl (C=O) groups is 1. The van der Waals surface area contributed by atoms with E-state index in [0.717, 1.165) is 6.42 Å². The minimum Gasteiger partial charge on any atom is -0.444 e. The standard InChI is InChI=1S/C13H26N2O3/c1-11(2,3)18-10(16)15-13(6-7-17-9-13)8-12(4,5)14/h6-9,14H2,1-5H3,(H,15,16). The Balaban J connectivity index is 2.66. The highest BCUT2D eigenvalue weighted by Gasteiger charge is 2.40. The maximum Gasteiger partial charge on any atom is 0.408 e. The number of hydrogen-bond donors (Lipinski definition) is 2. The first-order chi connectivity index (χ1) is 8.02. The van der Waals surface area contributed by atoms with Crippen molar-refractivity contribution in [1.29, 1.82) is 0 Å². The fraction of sp³-hybridized carbons (Fsp3) is 0.923. The number of nitrogens with one attached hydrogen (secondary N) is 1. The summed E-state index contributed by atoms with van der Waals surface area (Å²) in [6, 6.07) is 0. The van der Waals surface area contributed by atoms with Gasteiger partial charge in [0.2, 0.25) is 0 Å². The lowest BCUT2D eigenvalue weighted by atomic mass is 9.84. The van der Waals surface area contributed by atoms with Crippen molar-refractivity contribution in [2.24, 2.45) is 5.73 Å². The second kappa shape index (κ2) is 5.05. The highest BCUT2D eigenvalue weighted by Crippen LogP contribution is 2.27. The number of rotatable bonds is 3. The number of ether oxygens (including phenoxy) is 2. The molecule has 1 atom stereocenters. The van der Waals surface area contributed by atoms with Crippen molar-refractivity contribution < 1.29 is 14.3 Å². The molecule has 1 rings (SSSR count). The quantitative estimate of drug-likeness (QED) is 0.809. The summed E-state index contributed by atoms with van der Waals surface area (Å²) in [4.78, 5) is 11.9. The van der Waals surface area contributed by atoms with E-state index >= 15 is 0 Å². The lowest BCUT2D eigenvalue weighted by molar-refractivity contribution is 0.0419. The van der Waals surface area contributed by atoms with Gasteiger partial charge in [-0.25, -0.2) is 4.79 Å². The zero-order chi connectivity index (χ0) is 14.0. The van der Waals surface area contributed by atoms with Crippen LogP contribution in [0.2, 0.25) is 0 Å². The molecule has 0 bridgehead atoms. The second-order valence-corrected chi connectivity index (χ2v) is 6.88. The summed E-state index contributed by atoms with van der Waals surface area (Å²) in [5.41, 5.74) is 4.80. The van der Waals surface area contributed by atoms with E-state index in [1.165, 1.54) is 0 Å². The fourth-order valence-corrected chi connectivity index (χ4v) is 2.28. The van der Waals surface area contributed by atoms with Crippen molar-refractivity contribution in [3.63, 3.8) is 0 Å². The Morgan fingerprint density at radius 1 is 1.39 bits per heavy atom. The van der Waals surface area contributed by atoms with Gasteiger partial charge >= 0.3 is 6.09 Å². The van der Waals surface area contributed by atoms with Crippen molar-refractivity contribution in [1.82, 2.24) is 5.32 Å². The van der Waals surface area contributed by atoms with Gasteiger partial charge in [0, 0.05) is 12.1 Å². The van der Waals surface area contributed by atoms with Crippen LogP contribution in [0.15, 0.2) is 0 Å². The van der Waals surface area contributed by atoms with Crippen molar-refractivity contribution in [3.05, 3.63) is 0 Å². The molecule has 1 fully saturated rings. The summed E-state index contributed by atoms with van der Waals surface area (Å²) in [5, 5.41) is 2.94. The SMILES string of the molecule is CC(C)(N)CC1(NC(=O)OC(C)(C)C)CCOC1. The molecular weight excluding hydrogens is 232 g/mol. The van der Waals surface area contributed by atoms with Crippen LogP contribution in [0.25, 0.3) is 0 Å². The first-order valence-corrected chi connectivity index (χ1v) is 6.39. The number of alkyl carbamates (subject to hydrolysis) is 1. The molecule has 5 nitrogen and oxygen atoms in total. The van der Waals surface area contributed by atoms with E-state index < -0.39 is 17.2 Å². The minimum atomic E-state index is -0.497. The lowest BCUT2D eigenvalue weighted by Gasteiger charge is -2.35. The van der Waals surface area contributed by atoms with Crippen LogP contribution >= 0.6 is 0 Å². The second-order valence-electron chi connectivity index (χ2n) is 6.88. The molecule has 0 aliphatic carbocycles. The summed E-state index contributed by atoms with van der Waals surface area (Å²) in [6.07, 6.45) is 1.03.